The van der Waals surface area contributed by atoms with Crippen molar-refractivity contribution in [3.63, 3.8) is 0 Å². The van der Waals surface area contributed by atoms with Gasteiger partial charge >= 0.3 is 30.0 Å². The van der Waals surface area contributed by atoms with Gasteiger partial charge in [-0.05, 0) is 98.2 Å². The predicted octanol–water partition coefficient (Wildman–Crippen LogP) is 5.57. The summed E-state index contributed by atoms with van der Waals surface area (Å²) >= 11 is 6.04. The molecule has 18 heteroatoms. The van der Waals surface area contributed by atoms with Crippen LogP contribution in [0.25, 0.3) is 0 Å². The number of hydrogen-bond donors (Lipinski definition) is 5. The number of halogens is 4. The van der Waals surface area contributed by atoms with Crippen LogP contribution in [0, 0.1) is 11.3 Å². The van der Waals surface area contributed by atoms with Crippen molar-refractivity contribution in [1.29, 1.82) is 0 Å². The zero-order valence-corrected chi connectivity index (χ0v) is 31.5. The molecule has 56 heavy (non-hydrogen) atoms. The predicted molar refractivity (Wildman–Crippen MR) is 199 cm³/mol. The van der Waals surface area contributed by atoms with Gasteiger partial charge in [-0.3, -0.25) is 14.4 Å². The number of hydrogen-bond acceptors (Lipinski definition) is 11. The second-order valence-corrected chi connectivity index (χ2v) is 15.0. The van der Waals surface area contributed by atoms with Crippen molar-refractivity contribution in [3.05, 3.63) is 64.7 Å². The quantitative estimate of drug-likeness (QED) is 0.0902. The third kappa shape index (κ3) is 10.8. The first-order valence-electron chi connectivity index (χ1n) is 18.6. The van der Waals surface area contributed by atoms with Crippen LogP contribution in [-0.2, 0) is 24.7 Å². The van der Waals surface area contributed by atoms with E-state index in [1.807, 2.05) is 12.1 Å². The fourth-order valence-electron chi connectivity index (χ4n) is 7.09. The molecule has 0 bridgehead atoms. The van der Waals surface area contributed by atoms with Crippen molar-refractivity contribution < 1.29 is 41.8 Å². The van der Waals surface area contributed by atoms with Crippen LogP contribution in [0.15, 0.2) is 48.5 Å². The highest BCUT2D eigenvalue weighted by Gasteiger charge is 2.49. The maximum atomic E-state index is 13.1. The second-order valence-electron chi connectivity index (χ2n) is 14.6. The number of alkyl halides is 3. The standard InChI is InChI=1S/C38H44ClF3N8O6/c1-55-32(54)28(15-20-43-30(52)31(53)44-21-36(16-17-36)24-5-3-2-4-6-24)46-29(51)23-7-13-27(14-8-23)45-33-47-34(49-35(48-33)56-22-38(40,41)42)50-37(18-19-37)25-9-11-26(39)12-10-25/h7-14,24,28H,2-6,15-22H2,1H3,(H,43,52)(H,44,53)(H,46,51)(H2,45,47,48,49,50)/t28-/m0/s1. The molecule has 0 saturated heterocycles. The first kappa shape index (κ1) is 40.5. The van der Waals surface area contributed by atoms with E-state index >= 15 is 0 Å². The van der Waals surface area contributed by atoms with Gasteiger partial charge in [0.2, 0.25) is 11.9 Å². The van der Waals surface area contributed by atoms with Gasteiger partial charge in [0.25, 0.3) is 5.91 Å². The molecule has 3 aliphatic rings. The van der Waals surface area contributed by atoms with Crippen LogP contribution in [0.1, 0.15) is 80.1 Å². The molecule has 3 aliphatic carbocycles. The van der Waals surface area contributed by atoms with Gasteiger partial charge in [0.05, 0.1) is 12.6 Å². The van der Waals surface area contributed by atoms with Gasteiger partial charge in [-0.15, -0.1) is 0 Å². The Morgan fingerprint density at radius 3 is 2.16 bits per heavy atom. The summed E-state index contributed by atoms with van der Waals surface area (Å²) in [5, 5.41) is 14.5. The van der Waals surface area contributed by atoms with Gasteiger partial charge in [-0.25, -0.2) is 4.79 Å². The van der Waals surface area contributed by atoms with Crippen molar-refractivity contribution in [2.75, 3.05) is 37.4 Å². The monoisotopic (exact) mass is 800 g/mol. The number of ether oxygens (including phenoxy) is 2. The zero-order valence-electron chi connectivity index (χ0n) is 30.8. The Morgan fingerprint density at radius 1 is 0.875 bits per heavy atom. The van der Waals surface area contributed by atoms with Gasteiger partial charge in [0, 0.05) is 29.4 Å². The molecule has 1 atom stereocenters. The Kier molecular flexibility index (Phi) is 12.5. The molecule has 0 aliphatic heterocycles. The summed E-state index contributed by atoms with van der Waals surface area (Å²) in [4.78, 5) is 63.1. The van der Waals surface area contributed by atoms with E-state index in [0.717, 1.165) is 51.2 Å². The largest absolute Gasteiger partial charge is 0.467 e. The van der Waals surface area contributed by atoms with E-state index in [4.69, 9.17) is 21.1 Å². The van der Waals surface area contributed by atoms with Crippen LogP contribution < -0.4 is 31.3 Å². The summed E-state index contributed by atoms with van der Waals surface area (Å²) in [6, 6.07) is 11.4. The maximum Gasteiger partial charge on any atom is 0.422 e. The van der Waals surface area contributed by atoms with Crippen LogP contribution >= 0.6 is 11.6 Å². The molecule has 5 N–H and O–H groups in total. The number of rotatable bonds is 16. The number of aromatic nitrogens is 3. The third-order valence-electron chi connectivity index (χ3n) is 10.6. The summed E-state index contributed by atoms with van der Waals surface area (Å²) in [5.74, 6) is -2.50. The molecule has 3 saturated carbocycles. The van der Waals surface area contributed by atoms with Crippen LogP contribution in [0.4, 0.5) is 30.8 Å². The Bertz CT molecular complexity index is 1890. The lowest BCUT2D eigenvalue weighted by Crippen LogP contribution is -2.46. The summed E-state index contributed by atoms with van der Waals surface area (Å²) in [7, 11) is 1.16. The normalized spacial score (nSPS) is 17.4. The van der Waals surface area contributed by atoms with Crippen LogP contribution in [0.5, 0.6) is 6.01 Å². The molecule has 3 fully saturated rings. The Morgan fingerprint density at radius 2 is 1.54 bits per heavy atom. The average Bonchev–Trinajstić information content (AvgIpc) is 4.13. The van der Waals surface area contributed by atoms with Crippen molar-refractivity contribution in [1.82, 2.24) is 30.9 Å². The van der Waals surface area contributed by atoms with Crippen LogP contribution in [0.2, 0.25) is 5.02 Å². The van der Waals surface area contributed by atoms with Gasteiger partial charge in [0.15, 0.2) is 6.61 Å². The van der Waals surface area contributed by atoms with E-state index < -0.39 is 54.1 Å². The van der Waals surface area contributed by atoms with Crippen molar-refractivity contribution in [3.8, 4) is 6.01 Å². The molecule has 0 unspecified atom stereocenters. The number of esters is 1. The number of methoxy groups -OCH3 is 1. The molecule has 2 aromatic carbocycles. The molecule has 0 radical (unpaired) electrons. The zero-order chi connectivity index (χ0) is 39.9. The Balaban J connectivity index is 1.03. The molecule has 3 amide bonds. The minimum atomic E-state index is -4.63. The van der Waals surface area contributed by atoms with Gasteiger partial charge in [-0.2, -0.15) is 28.1 Å². The lowest BCUT2D eigenvalue weighted by Gasteiger charge is -2.30. The van der Waals surface area contributed by atoms with Crippen LogP contribution in [0.3, 0.4) is 0 Å². The van der Waals surface area contributed by atoms with Gasteiger partial charge in [-0.1, -0.05) is 43.0 Å². The maximum absolute atomic E-state index is 13.1. The highest BCUT2D eigenvalue weighted by molar-refractivity contribution is 6.35. The van der Waals surface area contributed by atoms with Crippen molar-refractivity contribution in [2.45, 2.75) is 82.0 Å². The number of amides is 3. The number of nitrogens with zero attached hydrogens (tertiary/aromatic N) is 3. The van der Waals surface area contributed by atoms with Crippen molar-refractivity contribution >= 4 is 52.9 Å². The van der Waals surface area contributed by atoms with Gasteiger partial charge < -0.3 is 36.1 Å². The second kappa shape index (κ2) is 17.3. The van der Waals surface area contributed by atoms with Gasteiger partial charge in [0.1, 0.15) is 6.04 Å². The topological polar surface area (TPSA) is 186 Å². The molecule has 1 aromatic heterocycles. The van der Waals surface area contributed by atoms with E-state index in [1.165, 1.54) is 43.5 Å². The molecule has 300 valence electrons. The molecule has 6 rings (SSSR count). The van der Waals surface area contributed by atoms with Crippen LogP contribution in [-0.4, -0.2) is 77.7 Å². The minimum Gasteiger partial charge on any atom is -0.467 e. The molecule has 14 nitrogen and oxygen atoms in total. The van der Waals surface area contributed by atoms with E-state index in [1.54, 1.807) is 12.1 Å². The molecular weight excluding hydrogens is 757 g/mol. The molecule has 3 aromatic rings. The third-order valence-corrected chi connectivity index (χ3v) is 10.8. The number of benzene rings is 2. The van der Waals surface area contributed by atoms with E-state index in [9.17, 15) is 32.3 Å². The number of nitrogens with one attached hydrogen (secondary N) is 5. The number of carbonyl (C=O) groups excluding carboxylic acids is 4. The first-order chi connectivity index (χ1) is 26.8. The fraction of sp³-hybridized carbons (Fsp3) is 0.500. The lowest BCUT2D eigenvalue weighted by atomic mass is 9.77. The molecule has 0 spiro atoms. The lowest BCUT2D eigenvalue weighted by molar-refractivity contribution is -0.154. The number of anilines is 3. The number of carbonyl (C=O) groups is 4. The highest BCUT2D eigenvalue weighted by Crippen LogP contribution is 2.56. The molecular formula is C38H44ClF3N8O6. The minimum absolute atomic E-state index is 0.0184. The Labute approximate surface area is 326 Å². The fourth-order valence-corrected chi connectivity index (χ4v) is 7.22. The Hall–Kier alpha value is -5.19. The summed E-state index contributed by atoms with van der Waals surface area (Å²) in [5.41, 5.74) is 0.975. The summed E-state index contributed by atoms with van der Waals surface area (Å²) in [6.45, 7) is -1.23. The van der Waals surface area contributed by atoms with E-state index in [0.29, 0.717) is 23.2 Å². The SMILES string of the molecule is COC(=O)[C@H](CCNC(=O)C(=O)NCC1(C2CCCCC2)CC1)NC(=O)c1ccc(Nc2nc(NC3(c4ccc(Cl)cc4)CC3)nc(OCC(F)(F)F)n2)cc1. The first-order valence-corrected chi connectivity index (χ1v) is 19.0. The van der Waals surface area contributed by atoms with E-state index in [-0.39, 0.29) is 35.8 Å². The smallest absolute Gasteiger partial charge is 0.422 e. The summed E-state index contributed by atoms with van der Waals surface area (Å²) < 4.78 is 48.6. The highest BCUT2D eigenvalue weighted by atomic mass is 35.5. The molecule has 1 heterocycles. The average molecular weight is 801 g/mol. The summed E-state index contributed by atoms with van der Waals surface area (Å²) in [6.07, 6.45) is 4.82. The van der Waals surface area contributed by atoms with E-state index in [2.05, 4.69) is 41.5 Å². The van der Waals surface area contributed by atoms with Crippen molar-refractivity contribution in [2.24, 2.45) is 11.3 Å².